The zero-order valence-corrected chi connectivity index (χ0v) is 16.8. The Bertz CT molecular complexity index is 1170. The summed E-state index contributed by atoms with van der Waals surface area (Å²) in [6.45, 7) is 0.813. The Morgan fingerprint density at radius 2 is 1.60 bits per heavy atom. The molecule has 0 radical (unpaired) electrons. The Hall–Kier alpha value is -3.47. The normalized spacial score (nSPS) is 13.9. The molecule has 30 heavy (non-hydrogen) atoms. The van der Waals surface area contributed by atoms with Crippen molar-refractivity contribution in [3.8, 4) is 22.8 Å². The van der Waals surface area contributed by atoms with E-state index in [4.69, 9.17) is 9.40 Å². The van der Waals surface area contributed by atoms with Crippen LogP contribution in [0.1, 0.15) is 32.1 Å². The highest BCUT2D eigenvalue weighted by molar-refractivity contribution is 5.84. The van der Waals surface area contributed by atoms with Gasteiger partial charge in [-0.25, -0.2) is 9.97 Å². The average Bonchev–Trinajstić information content (AvgIpc) is 3.25. The molecule has 5 heteroatoms. The standard InChI is InChI=1S/C25H24N4O/c1-4-10-18(11-5-1)16-17-26-23-21-24(28-22(27-23)19-12-6-2-7-13-19)29-25(30-21)20-14-8-3-9-15-20/h2-3,6-10,12-15H,1,4-5,11,16-17H2,(H,26,27,28). The molecule has 1 aliphatic carbocycles. The fourth-order valence-corrected chi connectivity index (χ4v) is 3.84. The van der Waals surface area contributed by atoms with E-state index < -0.39 is 0 Å². The quantitative estimate of drug-likeness (QED) is 0.390. The lowest BCUT2D eigenvalue weighted by molar-refractivity contribution is 0.618. The number of nitrogens with one attached hydrogen (secondary N) is 1. The fraction of sp³-hybridized carbons (Fsp3) is 0.240. The molecule has 1 aliphatic rings. The summed E-state index contributed by atoms with van der Waals surface area (Å²) in [5.74, 6) is 1.91. The highest BCUT2D eigenvalue weighted by atomic mass is 16.3. The number of nitrogens with zero attached hydrogens (tertiary/aromatic N) is 3. The van der Waals surface area contributed by atoms with Crippen LogP contribution in [0.4, 0.5) is 5.82 Å². The number of hydrogen-bond donors (Lipinski definition) is 1. The number of oxazole rings is 1. The van der Waals surface area contributed by atoms with Gasteiger partial charge in [-0.1, -0.05) is 60.2 Å². The molecule has 0 spiro atoms. The van der Waals surface area contributed by atoms with Crippen molar-refractivity contribution in [2.24, 2.45) is 0 Å². The summed E-state index contributed by atoms with van der Waals surface area (Å²) in [7, 11) is 0. The van der Waals surface area contributed by atoms with Crippen molar-refractivity contribution < 1.29 is 4.42 Å². The lowest BCUT2D eigenvalue weighted by Crippen LogP contribution is -2.07. The van der Waals surface area contributed by atoms with E-state index >= 15 is 0 Å². The van der Waals surface area contributed by atoms with E-state index in [-0.39, 0.29) is 0 Å². The summed E-state index contributed by atoms with van der Waals surface area (Å²) in [6, 6.07) is 19.9. The molecule has 5 rings (SSSR count). The Morgan fingerprint density at radius 1 is 0.833 bits per heavy atom. The van der Waals surface area contributed by atoms with E-state index in [0.29, 0.717) is 28.8 Å². The molecule has 0 bridgehead atoms. The third-order valence-corrected chi connectivity index (χ3v) is 5.43. The first-order valence-electron chi connectivity index (χ1n) is 10.6. The van der Waals surface area contributed by atoms with Crippen LogP contribution in [-0.4, -0.2) is 21.5 Å². The van der Waals surface area contributed by atoms with Crippen LogP contribution in [0.25, 0.3) is 34.1 Å². The Kier molecular flexibility index (Phi) is 5.25. The summed E-state index contributed by atoms with van der Waals surface area (Å²) in [6.07, 6.45) is 8.42. The summed E-state index contributed by atoms with van der Waals surface area (Å²) in [5.41, 5.74) is 4.59. The minimum Gasteiger partial charge on any atom is -0.430 e. The van der Waals surface area contributed by atoms with Gasteiger partial charge in [-0.15, -0.1) is 0 Å². The smallest absolute Gasteiger partial charge is 0.229 e. The predicted molar refractivity (Wildman–Crippen MR) is 120 cm³/mol. The maximum Gasteiger partial charge on any atom is 0.229 e. The zero-order valence-electron chi connectivity index (χ0n) is 16.8. The van der Waals surface area contributed by atoms with E-state index in [1.165, 1.54) is 31.3 Å². The van der Waals surface area contributed by atoms with Crippen molar-refractivity contribution >= 4 is 17.0 Å². The first kappa shape index (κ1) is 18.6. The molecule has 0 saturated carbocycles. The molecule has 150 valence electrons. The average molecular weight is 396 g/mol. The Balaban J connectivity index is 1.50. The number of aromatic nitrogens is 3. The number of benzene rings is 2. The van der Waals surface area contributed by atoms with E-state index in [9.17, 15) is 0 Å². The van der Waals surface area contributed by atoms with Gasteiger partial charge < -0.3 is 9.73 Å². The van der Waals surface area contributed by atoms with E-state index in [1.54, 1.807) is 0 Å². The van der Waals surface area contributed by atoms with Crippen LogP contribution < -0.4 is 5.32 Å². The van der Waals surface area contributed by atoms with Crippen molar-refractivity contribution in [3.05, 3.63) is 72.3 Å². The van der Waals surface area contributed by atoms with Crippen LogP contribution in [0, 0.1) is 0 Å². The van der Waals surface area contributed by atoms with E-state index in [1.807, 2.05) is 60.7 Å². The minimum absolute atomic E-state index is 0.558. The Morgan fingerprint density at radius 3 is 2.33 bits per heavy atom. The second-order valence-corrected chi connectivity index (χ2v) is 7.58. The molecule has 1 N–H and O–H groups in total. The largest absolute Gasteiger partial charge is 0.430 e. The monoisotopic (exact) mass is 396 g/mol. The number of anilines is 1. The van der Waals surface area contributed by atoms with Gasteiger partial charge in [0.1, 0.15) is 0 Å². The lowest BCUT2D eigenvalue weighted by atomic mass is 9.97. The topological polar surface area (TPSA) is 63.8 Å². The van der Waals surface area contributed by atoms with Crippen LogP contribution in [0.2, 0.25) is 0 Å². The molecule has 2 aromatic carbocycles. The third kappa shape index (κ3) is 3.96. The summed E-state index contributed by atoms with van der Waals surface area (Å²) in [5, 5.41) is 3.48. The molecule has 0 fully saturated rings. The molecule has 0 atom stereocenters. The molecule has 5 nitrogen and oxygen atoms in total. The lowest BCUT2D eigenvalue weighted by Gasteiger charge is -2.13. The first-order valence-corrected chi connectivity index (χ1v) is 10.6. The van der Waals surface area contributed by atoms with Crippen LogP contribution in [-0.2, 0) is 0 Å². The second-order valence-electron chi connectivity index (χ2n) is 7.58. The van der Waals surface area contributed by atoms with E-state index in [0.717, 1.165) is 24.1 Å². The van der Waals surface area contributed by atoms with Gasteiger partial charge in [0.05, 0.1) is 0 Å². The maximum atomic E-state index is 6.11. The molecule has 0 saturated heterocycles. The molecule has 0 unspecified atom stereocenters. The SMILES string of the molecule is C1=C(CCNc2nc(-c3ccccc3)nc3nc(-c4ccccc4)oc23)CCCC1. The van der Waals surface area contributed by atoms with Crippen LogP contribution in [0.5, 0.6) is 0 Å². The van der Waals surface area contributed by atoms with Crippen LogP contribution in [0.3, 0.4) is 0 Å². The first-order chi connectivity index (χ1) is 14.9. The Labute approximate surface area is 175 Å². The van der Waals surface area contributed by atoms with Gasteiger partial charge >= 0.3 is 0 Å². The van der Waals surface area contributed by atoms with Crippen molar-refractivity contribution in [3.63, 3.8) is 0 Å². The van der Waals surface area contributed by atoms with Gasteiger partial charge in [-0.3, -0.25) is 0 Å². The van der Waals surface area contributed by atoms with Gasteiger partial charge in [-0.2, -0.15) is 4.98 Å². The van der Waals surface area contributed by atoms with Gasteiger partial charge in [0.15, 0.2) is 11.6 Å². The van der Waals surface area contributed by atoms with Crippen molar-refractivity contribution in [2.75, 3.05) is 11.9 Å². The molecule has 0 amide bonds. The van der Waals surface area contributed by atoms with Crippen molar-refractivity contribution in [1.29, 1.82) is 0 Å². The van der Waals surface area contributed by atoms with Crippen LogP contribution >= 0.6 is 0 Å². The summed E-state index contributed by atoms with van der Waals surface area (Å²) < 4.78 is 6.11. The second kappa shape index (κ2) is 8.49. The maximum absolute atomic E-state index is 6.11. The van der Waals surface area contributed by atoms with Crippen molar-refractivity contribution in [2.45, 2.75) is 32.1 Å². The van der Waals surface area contributed by atoms with Crippen molar-refractivity contribution in [1.82, 2.24) is 15.0 Å². The molecule has 2 heterocycles. The van der Waals surface area contributed by atoms with Gasteiger partial charge in [-0.05, 0) is 44.2 Å². The van der Waals surface area contributed by atoms with Gasteiger partial charge in [0.25, 0.3) is 0 Å². The predicted octanol–water partition coefficient (Wildman–Crippen LogP) is 6.25. The van der Waals surface area contributed by atoms with Gasteiger partial charge in [0, 0.05) is 17.7 Å². The molecule has 2 aromatic heterocycles. The molecular weight excluding hydrogens is 372 g/mol. The molecule has 4 aromatic rings. The number of rotatable bonds is 6. The highest BCUT2D eigenvalue weighted by Gasteiger charge is 2.17. The fourth-order valence-electron chi connectivity index (χ4n) is 3.84. The highest BCUT2D eigenvalue weighted by Crippen LogP contribution is 2.30. The van der Waals surface area contributed by atoms with Crippen LogP contribution in [0.15, 0.2) is 76.7 Å². The number of fused-ring (bicyclic) bond motifs is 1. The van der Waals surface area contributed by atoms with E-state index in [2.05, 4.69) is 21.4 Å². The molecule has 0 aliphatic heterocycles. The summed E-state index contributed by atoms with van der Waals surface area (Å²) >= 11 is 0. The minimum atomic E-state index is 0.558. The number of allylic oxidation sites excluding steroid dienone is 1. The van der Waals surface area contributed by atoms with Gasteiger partial charge in [0.2, 0.25) is 17.1 Å². The third-order valence-electron chi connectivity index (χ3n) is 5.43. The summed E-state index contributed by atoms with van der Waals surface area (Å²) in [4.78, 5) is 14.1. The zero-order chi connectivity index (χ0) is 20.2. The number of hydrogen-bond acceptors (Lipinski definition) is 5. The molecular formula is C25H24N4O.